The number of H-pyrrole nitrogens is 1. The quantitative estimate of drug-likeness (QED) is 0.0786. The van der Waals surface area contributed by atoms with Gasteiger partial charge in [0.2, 0.25) is 5.75 Å². The van der Waals surface area contributed by atoms with Crippen LogP contribution in [0, 0.1) is 0 Å². The third-order valence-electron chi connectivity index (χ3n) is 6.52. The number of carbonyl (C=O) groups is 2. The molecule has 1 heterocycles. The van der Waals surface area contributed by atoms with Gasteiger partial charge in [-0.25, -0.2) is 10.2 Å². The summed E-state index contributed by atoms with van der Waals surface area (Å²) in [5.74, 6) is 0.0102. The van der Waals surface area contributed by atoms with Crippen molar-refractivity contribution in [3.8, 4) is 34.1 Å². The molecule has 9 nitrogen and oxygen atoms in total. The van der Waals surface area contributed by atoms with E-state index < -0.39 is 11.9 Å². The Balaban J connectivity index is 1.40. The Morgan fingerprint density at radius 2 is 1.53 bits per heavy atom. The van der Waals surface area contributed by atoms with Crippen LogP contribution in [0.25, 0.3) is 22.0 Å². The molecule has 0 bridgehead atoms. The fourth-order valence-corrected chi connectivity index (χ4v) is 4.93. The van der Waals surface area contributed by atoms with Crippen LogP contribution < -0.4 is 24.4 Å². The number of nitrogens with zero attached hydrogens (tertiary/aromatic N) is 1. The molecule has 0 saturated carbocycles. The standard InChI is InChI=1S/C32H25Cl2N3O6/c1-40-26-14-19(15-27(41-2)30(26)42-3)32(39)43-25-11-7-4-8-18(25)17-35-37-31(38)29-28(21-9-5-6-10-23(21)34)22-16-20(33)12-13-24(22)36-29/h4-17,36H,1-3H3,(H,37,38). The zero-order chi connectivity index (χ0) is 30.5. The van der Waals surface area contributed by atoms with E-state index in [4.69, 9.17) is 42.1 Å². The highest BCUT2D eigenvalue weighted by Crippen LogP contribution is 2.39. The number of amides is 1. The van der Waals surface area contributed by atoms with Gasteiger partial charge >= 0.3 is 5.97 Å². The van der Waals surface area contributed by atoms with E-state index in [0.29, 0.717) is 49.5 Å². The number of hydrazone groups is 1. The summed E-state index contributed by atoms with van der Waals surface area (Å²) in [6.07, 6.45) is 1.38. The highest BCUT2D eigenvalue weighted by molar-refractivity contribution is 6.34. The number of ether oxygens (including phenoxy) is 4. The summed E-state index contributed by atoms with van der Waals surface area (Å²) >= 11 is 12.8. The van der Waals surface area contributed by atoms with Crippen LogP contribution in [0.1, 0.15) is 26.4 Å². The molecular formula is C32H25Cl2N3O6. The van der Waals surface area contributed by atoms with Crippen LogP contribution in [0.3, 0.4) is 0 Å². The first-order chi connectivity index (χ1) is 20.8. The number of rotatable bonds is 9. The average Bonchev–Trinajstić information content (AvgIpc) is 3.39. The van der Waals surface area contributed by atoms with Crippen molar-refractivity contribution >= 4 is 52.2 Å². The SMILES string of the molecule is COc1cc(C(=O)Oc2ccccc2C=NNC(=O)c2[nH]c3ccc(Cl)cc3c2-c2ccccc2Cl)cc(OC)c1OC. The molecule has 5 rings (SSSR count). The third kappa shape index (κ3) is 6.13. The number of methoxy groups -OCH3 is 3. The van der Waals surface area contributed by atoms with Gasteiger partial charge in [0, 0.05) is 37.6 Å². The Kier molecular flexibility index (Phi) is 8.85. The van der Waals surface area contributed by atoms with Crippen molar-refractivity contribution in [3.63, 3.8) is 0 Å². The van der Waals surface area contributed by atoms with E-state index in [1.807, 2.05) is 18.2 Å². The molecule has 5 aromatic rings. The summed E-state index contributed by atoms with van der Waals surface area (Å²) in [6.45, 7) is 0. The van der Waals surface area contributed by atoms with Crippen molar-refractivity contribution in [1.29, 1.82) is 0 Å². The average molecular weight is 618 g/mol. The topological polar surface area (TPSA) is 111 Å². The lowest BCUT2D eigenvalue weighted by molar-refractivity contribution is 0.0733. The fraction of sp³-hybridized carbons (Fsp3) is 0.0938. The van der Waals surface area contributed by atoms with Crippen LogP contribution in [0.4, 0.5) is 0 Å². The predicted molar refractivity (Wildman–Crippen MR) is 166 cm³/mol. The lowest BCUT2D eigenvalue weighted by Crippen LogP contribution is -2.19. The van der Waals surface area contributed by atoms with Crippen LogP contribution >= 0.6 is 23.2 Å². The number of para-hydroxylation sites is 1. The molecular weight excluding hydrogens is 593 g/mol. The zero-order valence-electron chi connectivity index (χ0n) is 23.2. The number of nitrogens with one attached hydrogen (secondary N) is 2. The van der Waals surface area contributed by atoms with Gasteiger partial charge in [0.25, 0.3) is 5.91 Å². The van der Waals surface area contributed by atoms with Gasteiger partial charge in [0.15, 0.2) is 11.5 Å². The molecule has 1 aromatic heterocycles. The van der Waals surface area contributed by atoms with Crippen LogP contribution in [-0.2, 0) is 0 Å². The van der Waals surface area contributed by atoms with Crippen molar-refractivity contribution < 1.29 is 28.5 Å². The van der Waals surface area contributed by atoms with E-state index in [2.05, 4.69) is 15.5 Å². The second-order valence-electron chi connectivity index (χ2n) is 9.09. The number of esters is 1. The molecule has 0 aliphatic carbocycles. The molecule has 0 radical (unpaired) electrons. The van der Waals surface area contributed by atoms with Gasteiger partial charge in [-0.05, 0) is 48.5 Å². The second kappa shape index (κ2) is 12.9. The van der Waals surface area contributed by atoms with Gasteiger partial charge in [-0.1, -0.05) is 53.5 Å². The van der Waals surface area contributed by atoms with E-state index in [1.54, 1.807) is 48.5 Å². The summed E-state index contributed by atoms with van der Waals surface area (Å²) in [6, 6.07) is 22.2. The van der Waals surface area contributed by atoms with Crippen molar-refractivity contribution in [2.24, 2.45) is 5.10 Å². The van der Waals surface area contributed by atoms with Gasteiger partial charge in [0.1, 0.15) is 11.4 Å². The molecule has 0 atom stereocenters. The molecule has 2 N–H and O–H groups in total. The Labute approximate surface area is 256 Å². The van der Waals surface area contributed by atoms with Crippen molar-refractivity contribution in [2.75, 3.05) is 21.3 Å². The second-order valence-corrected chi connectivity index (χ2v) is 9.93. The number of benzene rings is 4. The molecule has 218 valence electrons. The molecule has 43 heavy (non-hydrogen) atoms. The molecule has 0 unspecified atom stereocenters. The van der Waals surface area contributed by atoms with E-state index >= 15 is 0 Å². The van der Waals surface area contributed by atoms with E-state index in [1.165, 1.54) is 39.7 Å². The molecule has 0 aliphatic rings. The number of aromatic nitrogens is 1. The van der Waals surface area contributed by atoms with E-state index in [0.717, 1.165) is 5.39 Å². The van der Waals surface area contributed by atoms with Crippen LogP contribution in [-0.4, -0.2) is 44.4 Å². The number of fused-ring (bicyclic) bond motifs is 1. The number of carbonyl (C=O) groups excluding carboxylic acids is 2. The van der Waals surface area contributed by atoms with Crippen LogP contribution in [0.5, 0.6) is 23.0 Å². The largest absolute Gasteiger partial charge is 0.493 e. The number of hydrogen-bond acceptors (Lipinski definition) is 7. The fourth-order valence-electron chi connectivity index (χ4n) is 4.53. The minimum absolute atomic E-state index is 0.181. The predicted octanol–water partition coefficient (Wildman–Crippen LogP) is 7.15. The van der Waals surface area contributed by atoms with Gasteiger partial charge in [-0.15, -0.1) is 0 Å². The first kappa shape index (κ1) is 29.5. The first-order valence-corrected chi connectivity index (χ1v) is 13.6. The summed E-state index contributed by atoms with van der Waals surface area (Å²) in [7, 11) is 4.38. The van der Waals surface area contributed by atoms with Crippen LogP contribution in [0.15, 0.2) is 84.0 Å². The lowest BCUT2D eigenvalue weighted by atomic mass is 10.0. The smallest absolute Gasteiger partial charge is 0.343 e. The Morgan fingerprint density at radius 3 is 2.23 bits per heavy atom. The molecule has 11 heteroatoms. The summed E-state index contributed by atoms with van der Waals surface area (Å²) < 4.78 is 21.6. The van der Waals surface area contributed by atoms with Crippen LogP contribution in [0.2, 0.25) is 10.0 Å². The minimum Gasteiger partial charge on any atom is -0.493 e. The Hall–Kier alpha value is -4.99. The van der Waals surface area contributed by atoms with E-state index in [9.17, 15) is 9.59 Å². The maximum absolute atomic E-state index is 13.4. The third-order valence-corrected chi connectivity index (χ3v) is 7.09. The van der Waals surface area contributed by atoms with Crippen molar-refractivity contribution in [3.05, 3.63) is 106 Å². The molecule has 0 spiro atoms. The Morgan fingerprint density at radius 1 is 0.837 bits per heavy atom. The summed E-state index contributed by atoms with van der Waals surface area (Å²) in [4.78, 5) is 29.6. The lowest BCUT2D eigenvalue weighted by Gasteiger charge is -2.14. The normalized spacial score (nSPS) is 11.0. The molecule has 0 saturated heterocycles. The maximum atomic E-state index is 13.4. The van der Waals surface area contributed by atoms with Crippen molar-refractivity contribution in [2.45, 2.75) is 0 Å². The number of halogens is 2. The van der Waals surface area contributed by atoms with Gasteiger partial charge < -0.3 is 23.9 Å². The Bertz CT molecular complexity index is 1840. The highest BCUT2D eigenvalue weighted by Gasteiger charge is 2.22. The zero-order valence-corrected chi connectivity index (χ0v) is 24.7. The van der Waals surface area contributed by atoms with Gasteiger partial charge in [-0.3, -0.25) is 4.79 Å². The highest BCUT2D eigenvalue weighted by atomic mass is 35.5. The van der Waals surface area contributed by atoms with Gasteiger partial charge in [0.05, 0.1) is 33.1 Å². The molecule has 4 aromatic carbocycles. The van der Waals surface area contributed by atoms with Gasteiger partial charge in [-0.2, -0.15) is 5.10 Å². The number of aromatic amines is 1. The molecule has 0 fully saturated rings. The maximum Gasteiger partial charge on any atom is 0.343 e. The molecule has 1 amide bonds. The monoisotopic (exact) mass is 617 g/mol. The summed E-state index contributed by atoms with van der Waals surface area (Å²) in [5, 5.41) is 5.86. The minimum atomic E-state index is -0.662. The summed E-state index contributed by atoms with van der Waals surface area (Å²) in [5.41, 5.74) is 5.38. The van der Waals surface area contributed by atoms with Crippen molar-refractivity contribution in [1.82, 2.24) is 10.4 Å². The number of hydrogen-bond donors (Lipinski definition) is 2. The van der Waals surface area contributed by atoms with E-state index in [-0.39, 0.29) is 17.0 Å². The first-order valence-electron chi connectivity index (χ1n) is 12.8. The molecule has 0 aliphatic heterocycles.